The van der Waals surface area contributed by atoms with Crippen LogP contribution in [-0.4, -0.2) is 50.3 Å². The molecule has 0 unspecified atom stereocenters. The highest BCUT2D eigenvalue weighted by atomic mass is 35.5. The van der Waals surface area contributed by atoms with E-state index in [1.807, 2.05) is 18.2 Å². The summed E-state index contributed by atoms with van der Waals surface area (Å²) in [4.78, 5) is 13.7. The van der Waals surface area contributed by atoms with Gasteiger partial charge in [-0.1, -0.05) is 12.1 Å². The first-order valence-electron chi connectivity index (χ1n) is 7.08. The fourth-order valence-electron chi connectivity index (χ4n) is 2.21. The van der Waals surface area contributed by atoms with Crippen LogP contribution in [0.4, 0.5) is 0 Å². The molecule has 1 heterocycles. The van der Waals surface area contributed by atoms with E-state index in [1.54, 1.807) is 6.92 Å². The van der Waals surface area contributed by atoms with E-state index in [-0.39, 0.29) is 37.4 Å². The van der Waals surface area contributed by atoms with Gasteiger partial charge in [-0.05, 0) is 24.6 Å². The Balaban J connectivity index is 0.00000220. The maximum atomic E-state index is 11.3. The van der Waals surface area contributed by atoms with Gasteiger partial charge in [0.2, 0.25) is 0 Å². The minimum atomic E-state index is -0.333. The Hall–Kier alpha value is -1.01. The van der Waals surface area contributed by atoms with Crippen molar-refractivity contribution in [3.63, 3.8) is 0 Å². The molecule has 0 spiro atoms. The number of carbonyl (C=O) groups excluding carboxylic acids is 1. The first-order chi connectivity index (χ1) is 9.78. The molecule has 0 radical (unpaired) electrons. The second-order valence-electron chi connectivity index (χ2n) is 4.77. The molecule has 1 saturated heterocycles. The molecular weight excluding hydrogens is 327 g/mol. The Morgan fingerprint density at radius 3 is 2.68 bits per heavy atom. The zero-order chi connectivity index (χ0) is 14.2. The number of ether oxygens (including phenoxy) is 2. The molecule has 1 aliphatic rings. The van der Waals surface area contributed by atoms with Crippen molar-refractivity contribution in [2.45, 2.75) is 13.5 Å². The first kappa shape index (κ1) is 21.0. The predicted molar refractivity (Wildman–Crippen MR) is 91.2 cm³/mol. The average molecular weight is 351 g/mol. The largest absolute Gasteiger partial charge is 0.482 e. The van der Waals surface area contributed by atoms with Crippen LogP contribution >= 0.6 is 24.8 Å². The van der Waals surface area contributed by atoms with Gasteiger partial charge in [0.05, 0.1) is 6.61 Å². The van der Waals surface area contributed by atoms with Gasteiger partial charge in [0.25, 0.3) is 0 Å². The molecule has 5 nitrogen and oxygen atoms in total. The van der Waals surface area contributed by atoms with Crippen molar-refractivity contribution in [1.29, 1.82) is 0 Å². The van der Waals surface area contributed by atoms with E-state index in [0.717, 1.165) is 32.7 Å². The molecule has 1 aromatic rings. The van der Waals surface area contributed by atoms with Crippen molar-refractivity contribution in [3.8, 4) is 5.75 Å². The van der Waals surface area contributed by atoms with Gasteiger partial charge >= 0.3 is 5.97 Å². The van der Waals surface area contributed by atoms with Gasteiger partial charge in [0.15, 0.2) is 6.61 Å². The van der Waals surface area contributed by atoms with Crippen LogP contribution in [0.5, 0.6) is 5.75 Å². The lowest BCUT2D eigenvalue weighted by atomic mass is 10.2. The maximum absolute atomic E-state index is 11.3. The molecule has 0 atom stereocenters. The van der Waals surface area contributed by atoms with Crippen molar-refractivity contribution < 1.29 is 14.3 Å². The van der Waals surface area contributed by atoms with E-state index in [0.29, 0.717) is 12.4 Å². The van der Waals surface area contributed by atoms with Crippen molar-refractivity contribution in [1.82, 2.24) is 10.2 Å². The van der Waals surface area contributed by atoms with Gasteiger partial charge < -0.3 is 14.8 Å². The number of esters is 1. The number of hydrogen-bond acceptors (Lipinski definition) is 5. The summed E-state index contributed by atoms with van der Waals surface area (Å²) >= 11 is 0. The normalized spacial score (nSPS) is 14.4. The average Bonchev–Trinajstić information content (AvgIpc) is 2.47. The van der Waals surface area contributed by atoms with Gasteiger partial charge in [-0.25, -0.2) is 4.79 Å². The van der Waals surface area contributed by atoms with Crippen LogP contribution in [0.3, 0.4) is 0 Å². The molecule has 1 aromatic carbocycles. The summed E-state index contributed by atoms with van der Waals surface area (Å²) < 4.78 is 10.3. The van der Waals surface area contributed by atoms with Gasteiger partial charge in [-0.15, -0.1) is 24.8 Å². The molecule has 0 bridgehead atoms. The molecule has 7 heteroatoms. The molecule has 0 saturated carbocycles. The molecule has 126 valence electrons. The minimum Gasteiger partial charge on any atom is -0.482 e. The molecule has 1 aliphatic heterocycles. The van der Waals surface area contributed by atoms with Crippen LogP contribution in [0.25, 0.3) is 0 Å². The first-order valence-corrected chi connectivity index (χ1v) is 7.08. The lowest BCUT2D eigenvalue weighted by Gasteiger charge is -2.27. The van der Waals surface area contributed by atoms with Gasteiger partial charge in [-0.3, -0.25) is 4.90 Å². The van der Waals surface area contributed by atoms with E-state index < -0.39 is 0 Å². The lowest BCUT2D eigenvalue weighted by molar-refractivity contribution is -0.145. The second kappa shape index (κ2) is 11.5. The van der Waals surface area contributed by atoms with Crippen LogP contribution in [-0.2, 0) is 16.1 Å². The van der Waals surface area contributed by atoms with E-state index in [4.69, 9.17) is 9.47 Å². The molecule has 22 heavy (non-hydrogen) atoms. The fourth-order valence-corrected chi connectivity index (χ4v) is 2.21. The maximum Gasteiger partial charge on any atom is 0.344 e. The molecule has 0 aliphatic carbocycles. The van der Waals surface area contributed by atoms with Crippen LogP contribution in [0.15, 0.2) is 24.3 Å². The number of hydrogen-bond donors (Lipinski definition) is 1. The van der Waals surface area contributed by atoms with Crippen molar-refractivity contribution in [2.75, 3.05) is 39.4 Å². The van der Waals surface area contributed by atoms with Crippen LogP contribution in [0.1, 0.15) is 12.5 Å². The highest BCUT2D eigenvalue weighted by Gasteiger charge is 2.10. The van der Waals surface area contributed by atoms with Crippen molar-refractivity contribution in [3.05, 3.63) is 29.8 Å². The summed E-state index contributed by atoms with van der Waals surface area (Å²) in [5.41, 5.74) is 1.20. The van der Waals surface area contributed by atoms with Gasteiger partial charge in [0, 0.05) is 32.7 Å². The Morgan fingerprint density at radius 2 is 2.00 bits per heavy atom. The Labute approximate surface area is 144 Å². The van der Waals surface area contributed by atoms with Crippen LogP contribution in [0, 0.1) is 0 Å². The van der Waals surface area contributed by atoms with E-state index in [2.05, 4.69) is 16.3 Å². The molecule has 0 amide bonds. The third kappa shape index (κ3) is 7.31. The number of carbonyl (C=O) groups is 1. The zero-order valence-electron chi connectivity index (χ0n) is 12.7. The number of rotatable bonds is 6. The SMILES string of the molecule is CCOC(=O)COc1cccc(CN2CCNCC2)c1.Cl.Cl. The molecule has 0 aromatic heterocycles. The minimum absolute atomic E-state index is 0. The second-order valence-corrected chi connectivity index (χ2v) is 4.77. The quantitative estimate of drug-likeness (QED) is 0.793. The summed E-state index contributed by atoms with van der Waals surface area (Å²) in [6.45, 7) is 7.25. The summed E-state index contributed by atoms with van der Waals surface area (Å²) in [6.07, 6.45) is 0. The molecular formula is C15H24Cl2N2O3. The number of benzene rings is 1. The summed E-state index contributed by atoms with van der Waals surface area (Å²) in [7, 11) is 0. The number of piperazine rings is 1. The highest BCUT2D eigenvalue weighted by Crippen LogP contribution is 2.15. The topological polar surface area (TPSA) is 50.8 Å². The van der Waals surface area contributed by atoms with E-state index >= 15 is 0 Å². The lowest BCUT2D eigenvalue weighted by Crippen LogP contribution is -2.42. The summed E-state index contributed by atoms with van der Waals surface area (Å²) in [6, 6.07) is 7.89. The number of halogens is 2. The number of nitrogens with one attached hydrogen (secondary N) is 1. The van der Waals surface area contributed by atoms with Gasteiger partial charge in [-0.2, -0.15) is 0 Å². The molecule has 2 rings (SSSR count). The third-order valence-corrected chi connectivity index (χ3v) is 3.18. The Bertz CT molecular complexity index is 441. The highest BCUT2D eigenvalue weighted by molar-refractivity contribution is 5.85. The Morgan fingerprint density at radius 1 is 1.27 bits per heavy atom. The zero-order valence-corrected chi connectivity index (χ0v) is 14.4. The van der Waals surface area contributed by atoms with Crippen LogP contribution < -0.4 is 10.1 Å². The number of nitrogens with zero attached hydrogens (tertiary/aromatic N) is 1. The molecule has 1 N–H and O–H groups in total. The standard InChI is InChI=1S/C15H22N2O3.2ClH/c1-2-19-15(18)12-20-14-5-3-4-13(10-14)11-17-8-6-16-7-9-17;;/h3-5,10,16H,2,6-9,11-12H2,1H3;2*1H. The van der Waals surface area contributed by atoms with Crippen LogP contribution in [0.2, 0.25) is 0 Å². The van der Waals surface area contributed by atoms with E-state index in [9.17, 15) is 4.79 Å². The molecule has 1 fully saturated rings. The van der Waals surface area contributed by atoms with Gasteiger partial charge in [0.1, 0.15) is 5.75 Å². The predicted octanol–water partition coefficient (Wildman–Crippen LogP) is 1.88. The van der Waals surface area contributed by atoms with E-state index in [1.165, 1.54) is 5.56 Å². The smallest absolute Gasteiger partial charge is 0.344 e. The summed E-state index contributed by atoms with van der Waals surface area (Å²) in [5.74, 6) is 0.380. The summed E-state index contributed by atoms with van der Waals surface area (Å²) in [5, 5.41) is 3.34. The van der Waals surface area contributed by atoms with Crippen molar-refractivity contribution in [2.24, 2.45) is 0 Å². The van der Waals surface area contributed by atoms with Crippen molar-refractivity contribution >= 4 is 30.8 Å². The Kier molecular flexibility index (Phi) is 11.0. The fraction of sp³-hybridized carbons (Fsp3) is 0.533. The third-order valence-electron chi connectivity index (χ3n) is 3.18. The monoisotopic (exact) mass is 350 g/mol.